The number of imidazole rings is 1. The van der Waals surface area contributed by atoms with E-state index in [4.69, 9.17) is 4.74 Å². The Hall–Kier alpha value is -3.95. The minimum Gasteiger partial charge on any atom is -0.454 e. The molecule has 1 aromatic carbocycles. The molecule has 3 heterocycles. The first-order valence-electron chi connectivity index (χ1n) is 11.2. The van der Waals surface area contributed by atoms with Crippen LogP contribution in [0.3, 0.4) is 0 Å². The van der Waals surface area contributed by atoms with Crippen LogP contribution in [0.4, 0.5) is 0 Å². The molecule has 0 bridgehead atoms. The second-order valence-corrected chi connectivity index (χ2v) is 8.29. The molecule has 10 nitrogen and oxygen atoms in total. The zero-order chi connectivity index (χ0) is 24.4. The Morgan fingerprint density at radius 1 is 1.15 bits per heavy atom. The van der Waals surface area contributed by atoms with Crippen LogP contribution in [-0.2, 0) is 31.5 Å². The smallest absolute Gasteiger partial charge is 0.342 e. The molecule has 0 atom stereocenters. The molecule has 3 aromatic heterocycles. The number of aromatic nitrogens is 6. The van der Waals surface area contributed by atoms with Crippen molar-refractivity contribution in [2.75, 3.05) is 0 Å². The van der Waals surface area contributed by atoms with Crippen molar-refractivity contribution in [3.05, 3.63) is 79.5 Å². The number of hydrogen-bond acceptors (Lipinski definition) is 6. The number of H-pyrrole nitrogens is 1. The number of nitrogens with zero attached hydrogens (tertiary/aromatic N) is 5. The van der Waals surface area contributed by atoms with Gasteiger partial charge in [-0.1, -0.05) is 43.7 Å². The van der Waals surface area contributed by atoms with E-state index < -0.39 is 17.2 Å². The van der Waals surface area contributed by atoms with Crippen LogP contribution < -0.4 is 11.2 Å². The highest BCUT2D eigenvalue weighted by Crippen LogP contribution is 2.18. The summed E-state index contributed by atoms with van der Waals surface area (Å²) < 4.78 is 10.4. The molecule has 10 heteroatoms. The quantitative estimate of drug-likeness (QED) is 0.400. The second kappa shape index (κ2) is 9.50. The number of carbonyl (C=O) groups is 1. The van der Waals surface area contributed by atoms with Gasteiger partial charge in [-0.15, -0.1) is 0 Å². The average Bonchev–Trinajstić information content (AvgIpc) is 3.28. The number of benzene rings is 1. The molecule has 34 heavy (non-hydrogen) atoms. The van der Waals surface area contributed by atoms with Crippen molar-refractivity contribution in [1.82, 2.24) is 28.9 Å². The summed E-state index contributed by atoms with van der Waals surface area (Å²) in [5, 5.41) is 4.51. The fraction of sp³-hybridized carbons (Fsp3) is 0.375. The van der Waals surface area contributed by atoms with E-state index >= 15 is 0 Å². The van der Waals surface area contributed by atoms with Crippen LogP contribution in [0.1, 0.15) is 52.9 Å². The number of hydrogen-bond donors (Lipinski definition) is 1. The van der Waals surface area contributed by atoms with Crippen LogP contribution in [0.2, 0.25) is 0 Å². The molecule has 0 aliphatic carbocycles. The van der Waals surface area contributed by atoms with E-state index in [1.165, 1.54) is 4.57 Å². The molecule has 0 radical (unpaired) electrons. The molecule has 4 rings (SSSR count). The SMILES string of the molecule is CCCCn1c(=O)[nH]c(=O)c2c1nc(COC(=O)c1c(C)nn(Cc3ccccc3)c1C)n2C. The number of nitrogens with one attached hydrogen (secondary N) is 1. The Labute approximate surface area is 195 Å². The number of esters is 1. The predicted molar refractivity (Wildman–Crippen MR) is 127 cm³/mol. The van der Waals surface area contributed by atoms with Gasteiger partial charge in [0, 0.05) is 13.6 Å². The van der Waals surface area contributed by atoms with Crippen molar-refractivity contribution in [2.45, 2.75) is 53.3 Å². The Kier molecular flexibility index (Phi) is 6.49. The van der Waals surface area contributed by atoms with Gasteiger partial charge in [-0.25, -0.2) is 14.6 Å². The number of unbranched alkanes of at least 4 members (excludes halogenated alkanes) is 1. The van der Waals surface area contributed by atoms with Crippen LogP contribution in [0.5, 0.6) is 0 Å². The van der Waals surface area contributed by atoms with Gasteiger partial charge in [0.05, 0.1) is 17.9 Å². The van der Waals surface area contributed by atoms with Gasteiger partial charge in [0.25, 0.3) is 5.56 Å². The molecule has 0 saturated carbocycles. The van der Waals surface area contributed by atoms with Crippen molar-refractivity contribution in [3.63, 3.8) is 0 Å². The number of aryl methyl sites for hydroxylation is 3. The molecule has 1 N–H and O–H groups in total. The van der Waals surface area contributed by atoms with E-state index in [0.29, 0.717) is 41.5 Å². The highest BCUT2D eigenvalue weighted by molar-refractivity contribution is 5.91. The van der Waals surface area contributed by atoms with E-state index in [9.17, 15) is 14.4 Å². The zero-order valence-corrected chi connectivity index (χ0v) is 19.8. The van der Waals surface area contributed by atoms with Crippen LogP contribution in [0.15, 0.2) is 39.9 Å². The molecular weight excluding hydrogens is 436 g/mol. The van der Waals surface area contributed by atoms with Gasteiger partial charge in [-0.05, 0) is 25.8 Å². The number of carbonyl (C=O) groups excluding carboxylic acids is 1. The Morgan fingerprint density at radius 2 is 1.88 bits per heavy atom. The van der Waals surface area contributed by atoms with Crippen molar-refractivity contribution in [3.8, 4) is 0 Å². The Balaban J connectivity index is 1.58. The monoisotopic (exact) mass is 464 g/mol. The maximum atomic E-state index is 12.9. The first-order chi connectivity index (χ1) is 16.3. The van der Waals surface area contributed by atoms with Gasteiger partial charge in [-0.3, -0.25) is 19.0 Å². The number of ether oxygens (including phenoxy) is 1. The van der Waals surface area contributed by atoms with Gasteiger partial charge in [0.2, 0.25) is 0 Å². The average molecular weight is 465 g/mol. The lowest BCUT2D eigenvalue weighted by molar-refractivity contribution is 0.0458. The fourth-order valence-electron chi connectivity index (χ4n) is 4.05. The summed E-state index contributed by atoms with van der Waals surface area (Å²) in [6.07, 6.45) is 1.66. The lowest BCUT2D eigenvalue weighted by Gasteiger charge is -2.07. The number of aromatic amines is 1. The molecule has 178 valence electrons. The predicted octanol–water partition coefficient (Wildman–Crippen LogP) is 2.44. The van der Waals surface area contributed by atoms with Crippen LogP contribution >= 0.6 is 0 Å². The van der Waals surface area contributed by atoms with Gasteiger partial charge >= 0.3 is 11.7 Å². The normalized spacial score (nSPS) is 11.3. The highest BCUT2D eigenvalue weighted by atomic mass is 16.5. The topological polar surface area (TPSA) is 117 Å². The largest absolute Gasteiger partial charge is 0.454 e. The maximum absolute atomic E-state index is 12.9. The molecule has 0 aliphatic rings. The van der Waals surface area contributed by atoms with Crippen molar-refractivity contribution in [1.29, 1.82) is 0 Å². The lowest BCUT2D eigenvalue weighted by Crippen LogP contribution is -2.31. The lowest BCUT2D eigenvalue weighted by atomic mass is 10.2. The molecule has 0 fully saturated rings. The Bertz CT molecular complexity index is 1460. The van der Waals surface area contributed by atoms with Crippen molar-refractivity contribution >= 4 is 17.1 Å². The van der Waals surface area contributed by atoms with E-state index in [1.54, 1.807) is 23.2 Å². The Morgan fingerprint density at radius 3 is 2.59 bits per heavy atom. The fourth-order valence-corrected chi connectivity index (χ4v) is 4.05. The first kappa shape index (κ1) is 23.2. The van der Waals surface area contributed by atoms with Crippen molar-refractivity contribution < 1.29 is 9.53 Å². The van der Waals surface area contributed by atoms with E-state index in [2.05, 4.69) is 15.1 Å². The molecule has 0 unspecified atom stereocenters. The zero-order valence-electron chi connectivity index (χ0n) is 19.8. The summed E-state index contributed by atoms with van der Waals surface area (Å²) in [5.74, 6) is -0.143. The molecule has 0 aliphatic heterocycles. The summed E-state index contributed by atoms with van der Waals surface area (Å²) in [7, 11) is 1.66. The summed E-state index contributed by atoms with van der Waals surface area (Å²) in [5.41, 5.74) is 2.32. The third kappa shape index (κ3) is 4.30. The third-order valence-electron chi connectivity index (χ3n) is 5.93. The maximum Gasteiger partial charge on any atom is 0.342 e. The summed E-state index contributed by atoms with van der Waals surface area (Å²) in [6.45, 7) is 6.46. The van der Waals surface area contributed by atoms with Crippen LogP contribution in [0, 0.1) is 13.8 Å². The van der Waals surface area contributed by atoms with Gasteiger partial charge in [-0.2, -0.15) is 5.10 Å². The van der Waals surface area contributed by atoms with Gasteiger partial charge < -0.3 is 9.30 Å². The molecule has 0 spiro atoms. The minimum absolute atomic E-state index is 0.145. The van der Waals surface area contributed by atoms with E-state index in [-0.39, 0.29) is 12.1 Å². The van der Waals surface area contributed by atoms with E-state index in [1.807, 2.05) is 44.2 Å². The molecule has 0 saturated heterocycles. The summed E-state index contributed by atoms with van der Waals surface area (Å²) >= 11 is 0. The minimum atomic E-state index is -0.519. The number of rotatable bonds is 8. The van der Waals surface area contributed by atoms with Crippen molar-refractivity contribution in [2.24, 2.45) is 7.05 Å². The number of fused-ring (bicyclic) bond motifs is 1. The third-order valence-corrected chi connectivity index (χ3v) is 5.93. The molecular formula is C24H28N6O4. The summed E-state index contributed by atoms with van der Waals surface area (Å²) in [4.78, 5) is 44.5. The van der Waals surface area contributed by atoms with Gasteiger partial charge in [0.15, 0.2) is 11.2 Å². The van der Waals surface area contributed by atoms with Gasteiger partial charge in [0.1, 0.15) is 18.0 Å². The van der Waals surface area contributed by atoms with Crippen LogP contribution in [-0.4, -0.2) is 34.9 Å². The van der Waals surface area contributed by atoms with Crippen LogP contribution in [0.25, 0.3) is 11.2 Å². The highest BCUT2D eigenvalue weighted by Gasteiger charge is 2.22. The standard InChI is InChI=1S/C24H28N6O4/c1-5-6-12-29-21-20(22(31)26-24(29)33)28(4)18(25-21)14-34-23(32)19-15(2)27-30(16(19)3)13-17-10-8-7-9-11-17/h7-11H,5-6,12-14H2,1-4H3,(H,26,31,33). The molecule has 0 amide bonds. The van der Waals surface area contributed by atoms with E-state index in [0.717, 1.165) is 18.4 Å². The second-order valence-electron chi connectivity index (χ2n) is 8.29. The first-order valence-corrected chi connectivity index (χ1v) is 11.2. The molecule has 4 aromatic rings. The summed E-state index contributed by atoms with van der Waals surface area (Å²) in [6, 6.07) is 9.87.